The first-order valence-corrected chi connectivity index (χ1v) is 7.74. The van der Waals surface area contributed by atoms with E-state index in [1.54, 1.807) is 11.8 Å². The van der Waals surface area contributed by atoms with Crippen LogP contribution in [0.4, 0.5) is 0 Å². The third kappa shape index (κ3) is 4.23. The monoisotopic (exact) mass is 305 g/mol. The second-order valence-electron chi connectivity index (χ2n) is 5.49. The zero-order chi connectivity index (χ0) is 15.9. The second kappa shape index (κ2) is 7.82. The van der Waals surface area contributed by atoms with Gasteiger partial charge in [-0.3, -0.25) is 9.59 Å². The van der Waals surface area contributed by atoms with Crippen LogP contribution in [-0.2, 0) is 14.3 Å². The molecule has 0 radical (unpaired) electrons. The van der Waals surface area contributed by atoms with E-state index >= 15 is 0 Å². The number of carbonyl (C=O) groups is 2. The molecule has 0 unspecified atom stereocenters. The van der Waals surface area contributed by atoms with E-state index in [0.717, 1.165) is 24.2 Å². The molecule has 1 aliphatic rings. The lowest BCUT2D eigenvalue weighted by molar-refractivity contribution is -0.151. The topological polar surface area (TPSA) is 55.8 Å². The number of hydrogen-bond acceptors (Lipinski definition) is 4. The molecule has 1 aromatic carbocycles. The Hall–Kier alpha value is -2.04. The van der Waals surface area contributed by atoms with Gasteiger partial charge in [0.15, 0.2) is 6.61 Å². The van der Waals surface area contributed by atoms with Gasteiger partial charge in [-0.15, -0.1) is 0 Å². The van der Waals surface area contributed by atoms with E-state index < -0.39 is 0 Å². The van der Waals surface area contributed by atoms with Gasteiger partial charge in [0, 0.05) is 13.1 Å². The molecule has 0 N–H and O–H groups in total. The molecule has 0 aliphatic carbocycles. The molecule has 1 saturated heterocycles. The van der Waals surface area contributed by atoms with Gasteiger partial charge in [-0.05, 0) is 38.3 Å². The Bertz CT molecular complexity index is 529. The molecule has 1 aliphatic heterocycles. The first-order valence-electron chi connectivity index (χ1n) is 7.74. The maximum atomic E-state index is 12.3. The highest BCUT2D eigenvalue weighted by atomic mass is 16.5. The maximum Gasteiger partial charge on any atom is 0.310 e. The lowest BCUT2D eigenvalue weighted by Crippen LogP contribution is -2.44. The quantitative estimate of drug-likeness (QED) is 0.782. The smallest absolute Gasteiger partial charge is 0.310 e. The van der Waals surface area contributed by atoms with Crippen molar-refractivity contribution in [2.45, 2.75) is 26.7 Å². The number of piperidine rings is 1. The lowest BCUT2D eigenvalue weighted by Gasteiger charge is -2.31. The highest BCUT2D eigenvalue weighted by Gasteiger charge is 2.29. The van der Waals surface area contributed by atoms with Crippen molar-refractivity contribution in [1.82, 2.24) is 4.90 Å². The molecule has 0 bridgehead atoms. The summed E-state index contributed by atoms with van der Waals surface area (Å²) in [7, 11) is 0. The van der Waals surface area contributed by atoms with Crippen LogP contribution in [0.1, 0.15) is 25.3 Å². The van der Waals surface area contributed by atoms with E-state index in [2.05, 4.69) is 0 Å². The van der Waals surface area contributed by atoms with Crippen molar-refractivity contribution in [3.05, 3.63) is 29.8 Å². The van der Waals surface area contributed by atoms with E-state index in [-0.39, 0.29) is 24.4 Å². The van der Waals surface area contributed by atoms with Crippen molar-refractivity contribution in [2.24, 2.45) is 5.92 Å². The Kier molecular flexibility index (Phi) is 5.81. The standard InChI is InChI=1S/C17H23NO4/c1-3-21-17(20)14-8-6-10-18(11-14)16(19)12-22-15-9-5-4-7-13(15)2/h4-5,7,9,14H,3,6,8,10-12H2,1-2H3/t14-/m1/s1. The number of carbonyl (C=O) groups excluding carboxylic acids is 2. The van der Waals surface area contributed by atoms with Crippen LogP contribution < -0.4 is 4.74 Å². The fourth-order valence-corrected chi connectivity index (χ4v) is 2.61. The second-order valence-corrected chi connectivity index (χ2v) is 5.49. The van der Waals surface area contributed by atoms with Gasteiger partial charge in [0.05, 0.1) is 12.5 Å². The van der Waals surface area contributed by atoms with Crippen molar-refractivity contribution >= 4 is 11.9 Å². The number of hydrogen-bond donors (Lipinski definition) is 0. The third-order valence-electron chi connectivity index (χ3n) is 3.84. The van der Waals surface area contributed by atoms with Gasteiger partial charge in [-0.2, -0.15) is 0 Å². The summed E-state index contributed by atoms with van der Waals surface area (Å²) in [6, 6.07) is 7.60. The first kappa shape index (κ1) is 16.3. The van der Waals surface area contributed by atoms with Gasteiger partial charge in [0.2, 0.25) is 0 Å². The SMILES string of the molecule is CCOC(=O)[C@@H]1CCCN(C(=O)COc2ccccc2C)C1. The largest absolute Gasteiger partial charge is 0.484 e. The molecule has 1 atom stereocenters. The van der Waals surface area contributed by atoms with Gasteiger partial charge in [-0.25, -0.2) is 0 Å². The fraction of sp³-hybridized carbons (Fsp3) is 0.529. The number of amides is 1. The number of likely N-dealkylation sites (tertiary alicyclic amines) is 1. The van der Waals surface area contributed by atoms with Crippen molar-refractivity contribution in [1.29, 1.82) is 0 Å². The number of ether oxygens (including phenoxy) is 2. The van der Waals surface area contributed by atoms with Crippen LogP contribution in [0.25, 0.3) is 0 Å². The Labute approximate surface area is 131 Å². The van der Waals surface area contributed by atoms with E-state index in [4.69, 9.17) is 9.47 Å². The molecule has 0 saturated carbocycles. The minimum atomic E-state index is -0.212. The molecule has 120 valence electrons. The molecule has 22 heavy (non-hydrogen) atoms. The molecule has 1 aromatic rings. The van der Waals surface area contributed by atoms with E-state index in [1.165, 1.54) is 0 Å². The fourth-order valence-electron chi connectivity index (χ4n) is 2.61. The van der Waals surface area contributed by atoms with Crippen LogP contribution >= 0.6 is 0 Å². The highest BCUT2D eigenvalue weighted by Crippen LogP contribution is 2.19. The van der Waals surface area contributed by atoms with Crippen LogP contribution in [0.5, 0.6) is 5.75 Å². The van der Waals surface area contributed by atoms with Gasteiger partial charge in [0.25, 0.3) is 5.91 Å². The van der Waals surface area contributed by atoms with E-state index in [1.807, 2.05) is 31.2 Å². The summed E-state index contributed by atoms with van der Waals surface area (Å²) in [5, 5.41) is 0. The van der Waals surface area contributed by atoms with Crippen LogP contribution in [0, 0.1) is 12.8 Å². The Morgan fingerprint density at radius 1 is 1.32 bits per heavy atom. The zero-order valence-corrected chi connectivity index (χ0v) is 13.2. The molecular weight excluding hydrogens is 282 g/mol. The number of aryl methyl sites for hydroxylation is 1. The van der Waals surface area contributed by atoms with Crippen molar-refractivity contribution < 1.29 is 19.1 Å². The van der Waals surface area contributed by atoms with Crippen molar-refractivity contribution in [2.75, 3.05) is 26.3 Å². The molecule has 5 nitrogen and oxygen atoms in total. The van der Waals surface area contributed by atoms with Crippen LogP contribution in [0.3, 0.4) is 0 Å². The summed E-state index contributed by atoms with van der Waals surface area (Å²) in [4.78, 5) is 25.8. The van der Waals surface area contributed by atoms with Gasteiger partial charge < -0.3 is 14.4 Å². The Morgan fingerprint density at radius 3 is 2.82 bits per heavy atom. The predicted octanol–water partition coefficient (Wildman–Crippen LogP) is 2.18. The lowest BCUT2D eigenvalue weighted by atomic mass is 9.98. The summed E-state index contributed by atoms with van der Waals surface area (Å²) in [5.74, 6) is 0.211. The highest BCUT2D eigenvalue weighted by molar-refractivity contribution is 5.79. The molecule has 0 aromatic heterocycles. The molecule has 2 rings (SSSR count). The molecule has 5 heteroatoms. The number of para-hydroxylation sites is 1. The summed E-state index contributed by atoms with van der Waals surface area (Å²) in [5.41, 5.74) is 0.998. The Balaban J connectivity index is 1.87. The maximum absolute atomic E-state index is 12.3. The normalized spacial score (nSPS) is 17.9. The average molecular weight is 305 g/mol. The van der Waals surface area contributed by atoms with Crippen molar-refractivity contribution in [3.8, 4) is 5.75 Å². The van der Waals surface area contributed by atoms with Gasteiger partial charge in [0.1, 0.15) is 5.75 Å². The summed E-state index contributed by atoms with van der Waals surface area (Å²) in [6.07, 6.45) is 1.60. The number of esters is 1. The number of benzene rings is 1. The van der Waals surface area contributed by atoms with Crippen LogP contribution in [0.2, 0.25) is 0 Å². The molecule has 1 heterocycles. The molecule has 0 spiro atoms. The first-order chi connectivity index (χ1) is 10.6. The Morgan fingerprint density at radius 2 is 2.09 bits per heavy atom. The van der Waals surface area contributed by atoms with E-state index in [9.17, 15) is 9.59 Å². The molecular formula is C17H23NO4. The minimum Gasteiger partial charge on any atom is -0.484 e. The van der Waals surface area contributed by atoms with Crippen LogP contribution in [0.15, 0.2) is 24.3 Å². The molecule has 1 fully saturated rings. The van der Waals surface area contributed by atoms with E-state index in [0.29, 0.717) is 19.7 Å². The minimum absolute atomic E-state index is 0.000396. The van der Waals surface area contributed by atoms with Gasteiger partial charge >= 0.3 is 5.97 Å². The molecule has 1 amide bonds. The van der Waals surface area contributed by atoms with Crippen LogP contribution in [-0.4, -0.2) is 43.1 Å². The summed E-state index contributed by atoms with van der Waals surface area (Å²) < 4.78 is 10.6. The predicted molar refractivity (Wildman–Crippen MR) is 82.6 cm³/mol. The number of rotatable bonds is 5. The number of nitrogens with zero attached hydrogens (tertiary/aromatic N) is 1. The van der Waals surface area contributed by atoms with Crippen molar-refractivity contribution in [3.63, 3.8) is 0 Å². The summed E-state index contributed by atoms with van der Waals surface area (Å²) >= 11 is 0. The van der Waals surface area contributed by atoms with Gasteiger partial charge in [-0.1, -0.05) is 18.2 Å². The zero-order valence-electron chi connectivity index (χ0n) is 13.2. The summed E-state index contributed by atoms with van der Waals surface area (Å²) in [6.45, 7) is 5.21. The average Bonchev–Trinajstić information content (AvgIpc) is 2.54. The third-order valence-corrected chi connectivity index (χ3v) is 3.84.